The van der Waals surface area contributed by atoms with Gasteiger partial charge in [0.15, 0.2) is 0 Å². The number of nitrogens with zero attached hydrogens (tertiary/aromatic N) is 1. The van der Waals surface area contributed by atoms with Crippen molar-refractivity contribution >= 4 is 17.4 Å². The zero-order chi connectivity index (χ0) is 27.2. The second-order valence-corrected chi connectivity index (χ2v) is 9.23. The lowest BCUT2D eigenvalue weighted by atomic mass is 9.95. The number of amides is 1. The maximum absolute atomic E-state index is 13.3. The average Bonchev–Trinajstić information content (AvgIpc) is 3.58. The number of ether oxygens (including phenoxy) is 2. The third-order valence-corrected chi connectivity index (χ3v) is 6.47. The van der Waals surface area contributed by atoms with E-state index in [-0.39, 0.29) is 17.9 Å². The summed E-state index contributed by atoms with van der Waals surface area (Å²) in [6, 6.07) is 26.6. The van der Waals surface area contributed by atoms with Gasteiger partial charge in [0.2, 0.25) is 0 Å². The SMILES string of the molecule is CCCOc1cccc(C(O)=C2C(=O)C(=O)N(Cc3ccco3)C2c2ccc(OCc3ccccc3)cc2)c1. The number of rotatable bonds is 10. The third-order valence-electron chi connectivity index (χ3n) is 6.47. The van der Waals surface area contributed by atoms with Gasteiger partial charge in [-0.05, 0) is 53.9 Å². The van der Waals surface area contributed by atoms with Gasteiger partial charge in [-0.25, -0.2) is 0 Å². The van der Waals surface area contributed by atoms with Gasteiger partial charge < -0.3 is 23.9 Å². The Hall–Kier alpha value is -4.78. The predicted octanol–water partition coefficient (Wildman–Crippen LogP) is 6.27. The fourth-order valence-corrected chi connectivity index (χ4v) is 4.56. The van der Waals surface area contributed by atoms with Crippen molar-refractivity contribution in [3.05, 3.63) is 125 Å². The van der Waals surface area contributed by atoms with Crippen LogP contribution in [0.25, 0.3) is 5.76 Å². The van der Waals surface area contributed by atoms with Gasteiger partial charge in [-0.1, -0.05) is 61.5 Å². The van der Waals surface area contributed by atoms with Crippen molar-refractivity contribution in [1.29, 1.82) is 0 Å². The van der Waals surface area contributed by atoms with E-state index < -0.39 is 17.7 Å². The highest BCUT2D eigenvalue weighted by molar-refractivity contribution is 6.46. The van der Waals surface area contributed by atoms with Crippen LogP contribution in [0.15, 0.2) is 107 Å². The van der Waals surface area contributed by atoms with E-state index in [1.807, 2.05) is 37.3 Å². The van der Waals surface area contributed by atoms with Crippen LogP contribution in [0.2, 0.25) is 0 Å². The maximum atomic E-state index is 13.3. The van der Waals surface area contributed by atoms with Crippen LogP contribution in [0.1, 0.15) is 41.8 Å². The summed E-state index contributed by atoms with van der Waals surface area (Å²) in [5.74, 6) is 0.0222. The molecule has 1 aliphatic rings. The van der Waals surface area contributed by atoms with Crippen LogP contribution in [-0.2, 0) is 22.7 Å². The first-order chi connectivity index (χ1) is 19.0. The topological polar surface area (TPSA) is 89.2 Å². The highest BCUT2D eigenvalue weighted by Gasteiger charge is 2.46. The minimum atomic E-state index is -0.821. The molecule has 0 spiro atoms. The molecule has 1 unspecified atom stereocenters. The van der Waals surface area contributed by atoms with E-state index in [4.69, 9.17) is 13.9 Å². The molecule has 1 saturated heterocycles. The van der Waals surface area contributed by atoms with Crippen molar-refractivity contribution in [3.63, 3.8) is 0 Å². The molecule has 2 heterocycles. The highest BCUT2D eigenvalue weighted by Crippen LogP contribution is 2.41. The minimum absolute atomic E-state index is 0.0113. The van der Waals surface area contributed by atoms with Crippen LogP contribution in [0.5, 0.6) is 11.5 Å². The Morgan fingerprint density at radius 1 is 0.897 bits per heavy atom. The molecular weight excluding hydrogens is 494 g/mol. The van der Waals surface area contributed by atoms with Crippen LogP contribution in [-0.4, -0.2) is 28.3 Å². The second-order valence-electron chi connectivity index (χ2n) is 9.23. The van der Waals surface area contributed by atoms with Crippen LogP contribution >= 0.6 is 0 Å². The molecule has 7 nitrogen and oxygen atoms in total. The van der Waals surface area contributed by atoms with Crippen molar-refractivity contribution < 1.29 is 28.6 Å². The summed E-state index contributed by atoms with van der Waals surface area (Å²) in [6.45, 7) is 3.01. The molecule has 4 aromatic rings. The Bertz CT molecular complexity index is 1460. The van der Waals surface area contributed by atoms with E-state index in [0.717, 1.165) is 12.0 Å². The summed E-state index contributed by atoms with van der Waals surface area (Å²) in [6.07, 6.45) is 2.35. The third kappa shape index (κ3) is 5.72. The summed E-state index contributed by atoms with van der Waals surface area (Å²) in [7, 11) is 0. The number of aliphatic hydroxyl groups excluding tert-OH is 1. The Kier molecular flexibility index (Phi) is 7.78. The van der Waals surface area contributed by atoms with Crippen molar-refractivity contribution in [1.82, 2.24) is 4.90 Å². The molecule has 1 fully saturated rings. The van der Waals surface area contributed by atoms with Gasteiger partial charge in [-0.2, -0.15) is 0 Å². The zero-order valence-electron chi connectivity index (χ0n) is 21.6. The molecule has 0 aliphatic carbocycles. The first-order valence-electron chi connectivity index (χ1n) is 12.9. The number of carbonyl (C=O) groups excluding carboxylic acids is 2. The number of aliphatic hydroxyl groups is 1. The second kappa shape index (κ2) is 11.7. The predicted molar refractivity (Wildman–Crippen MR) is 146 cm³/mol. The molecule has 1 aromatic heterocycles. The summed E-state index contributed by atoms with van der Waals surface area (Å²) in [4.78, 5) is 28.0. The molecule has 0 saturated carbocycles. The molecule has 198 valence electrons. The molecule has 1 N–H and O–H groups in total. The van der Waals surface area contributed by atoms with E-state index in [1.165, 1.54) is 11.2 Å². The smallest absolute Gasteiger partial charge is 0.296 e. The fraction of sp³-hybridized carbons (Fsp3) is 0.188. The van der Waals surface area contributed by atoms with E-state index in [2.05, 4.69) is 0 Å². The molecule has 0 radical (unpaired) electrons. The Labute approximate surface area is 226 Å². The van der Waals surface area contributed by atoms with Crippen molar-refractivity contribution in [2.24, 2.45) is 0 Å². The first-order valence-corrected chi connectivity index (χ1v) is 12.9. The molecule has 1 aliphatic heterocycles. The Morgan fingerprint density at radius 2 is 1.69 bits per heavy atom. The van der Waals surface area contributed by atoms with Gasteiger partial charge in [-0.3, -0.25) is 9.59 Å². The van der Waals surface area contributed by atoms with E-state index in [0.29, 0.717) is 41.6 Å². The molecule has 5 rings (SSSR count). The number of furan rings is 1. The minimum Gasteiger partial charge on any atom is -0.507 e. The standard InChI is InChI=1S/C32H29NO6/c1-2-17-37-26-11-6-10-24(19-26)30(34)28-29(33(32(36)31(28)35)20-27-12-7-18-38-27)23-13-15-25(16-14-23)39-21-22-8-4-3-5-9-22/h3-16,18-19,29,34H,2,17,20-21H2,1H3. The molecule has 3 aromatic carbocycles. The van der Waals surface area contributed by atoms with E-state index in [9.17, 15) is 14.7 Å². The number of hydrogen-bond donors (Lipinski definition) is 1. The normalized spacial score (nSPS) is 16.4. The van der Waals surface area contributed by atoms with Crippen molar-refractivity contribution in [2.75, 3.05) is 6.61 Å². The van der Waals surface area contributed by atoms with Gasteiger partial charge in [0.1, 0.15) is 29.6 Å². The van der Waals surface area contributed by atoms with E-state index in [1.54, 1.807) is 60.7 Å². The highest BCUT2D eigenvalue weighted by atomic mass is 16.5. The summed E-state index contributed by atoms with van der Waals surface area (Å²) >= 11 is 0. The van der Waals surface area contributed by atoms with Gasteiger partial charge in [0.05, 0.1) is 31.0 Å². The Morgan fingerprint density at radius 3 is 2.41 bits per heavy atom. The van der Waals surface area contributed by atoms with E-state index >= 15 is 0 Å². The van der Waals surface area contributed by atoms with Crippen LogP contribution < -0.4 is 9.47 Å². The van der Waals surface area contributed by atoms with Crippen LogP contribution in [0.3, 0.4) is 0 Å². The average molecular weight is 524 g/mol. The lowest BCUT2D eigenvalue weighted by Crippen LogP contribution is -2.29. The van der Waals surface area contributed by atoms with Crippen LogP contribution in [0.4, 0.5) is 0 Å². The Balaban J connectivity index is 1.50. The maximum Gasteiger partial charge on any atom is 0.296 e. The monoisotopic (exact) mass is 523 g/mol. The number of Topliss-reactive ketones (excluding diaryl/α,β-unsaturated/α-hetero) is 1. The summed E-state index contributed by atoms with van der Waals surface area (Å²) < 4.78 is 17.1. The number of ketones is 1. The molecular formula is C32H29NO6. The lowest BCUT2D eigenvalue weighted by Gasteiger charge is -2.24. The summed E-state index contributed by atoms with van der Waals surface area (Å²) in [5, 5.41) is 11.4. The van der Waals surface area contributed by atoms with Gasteiger partial charge in [0, 0.05) is 5.56 Å². The molecule has 0 bridgehead atoms. The number of likely N-dealkylation sites (tertiary alicyclic amines) is 1. The van der Waals surface area contributed by atoms with Gasteiger partial charge in [-0.15, -0.1) is 0 Å². The number of hydrogen-bond acceptors (Lipinski definition) is 6. The quantitative estimate of drug-likeness (QED) is 0.150. The zero-order valence-corrected chi connectivity index (χ0v) is 21.6. The van der Waals surface area contributed by atoms with Crippen molar-refractivity contribution in [2.45, 2.75) is 32.5 Å². The van der Waals surface area contributed by atoms with Crippen LogP contribution in [0, 0.1) is 0 Å². The number of benzene rings is 3. The van der Waals surface area contributed by atoms with Gasteiger partial charge in [0.25, 0.3) is 11.7 Å². The molecule has 1 amide bonds. The largest absolute Gasteiger partial charge is 0.507 e. The first kappa shape index (κ1) is 25.9. The lowest BCUT2D eigenvalue weighted by molar-refractivity contribution is -0.140. The molecule has 1 atom stereocenters. The fourth-order valence-electron chi connectivity index (χ4n) is 4.56. The van der Waals surface area contributed by atoms with Gasteiger partial charge >= 0.3 is 0 Å². The number of carbonyl (C=O) groups is 2. The molecule has 39 heavy (non-hydrogen) atoms. The van der Waals surface area contributed by atoms with Crippen molar-refractivity contribution in [3.8, 4) is 11.5 Å². The molecule has 7 heteroatoms. The summed E-state index contributed by atoms with van der Waals surface area (Å²) in [5.41, 5.74) is 2.11.